The largest absolute Gasteiger partial charge is 0.464 e. The SMILES string of the molecule is COC(=O)C(NC(=O)c1ccccc1)=C1C=CN(c2ccccc2)C=C1. The first-order chi connectivity index (χ1) is 12.7. The molecule has 26 heavy (non-hydrogen) atoms. The third kappa shape index (κ3) is 3.89. The molecule has 0 aromatic heterocycles. The molecule has 0 fully saturated rings. The minimum absolute atomic E-state index is 0.0987. The van der Waals surface area contributed by atoms with Gasteiger partial charge in [-0.1, -0.05) is 36.4 Å². The van der Waals surface area contributed by atoms with Gasteiger partial charge in [0.2, 0.25) is 0 Å². The normalized spacial score (nSPS) is 12.7. The summed E-state index contributed by atoms with van der Waals surface area (Å²) in [6.45, 7) is 0. The maximum absolute atomic E-state index is 12.4. The Bertz CT molecular complexity index is 868. The summed E-state index contributed by atoms with van der Waals surface area (Å²) in [5.74, 6) is -0.975. The van der Waals surface area contributed by atoms with E-state index in [0.29, 0.717) is 11.1 Å². The molecule has 0 unspecified atom stereocenters. The minimum atomic E-state index is -0.605. The van der Waals surface area contributed by atoms with Gasteiger partial charge in [-0.25, -0.2) is 4.79 Å². The predicted molar refractivity (Wildman–Crippen MR) is 100 cm³/mol. The van der Waals surface area contributed by atoms with Gasteiger partial charge in [0.1, 0.15) is 5.70 Å². The van der Waals surface area contributed by atoms with Crippen LogP contribution < -0.4 is 10.2 Å². The van der Waals surface area contributed by atoms with E-state index >= 15 is 0 Å². The molecule has 0 radical (unpaired) electrons. The summed E-state index contributed by atoms with van der Waals surface area (Å²) in [5, 5.41) is 2.65. The predicted octanol–water partition coefficient (Wildman–Crippen LogP) is 3.39. The summed E-state index contributed by atoms with van der Waals surface area (Å²) < 4.78 is 4.82. The van der Waals surface area contributed by atoms with Gasteiger partial charge < -0.3 is 15.0 Å². The van der Waals surface area contributed by atoms with E-state index in [4.69, 9.17) is 4.74 Å². The van der Waals surface area contributed by atoms with Crippen LogP contribution in [0.15, 0.2) is 96.5 Å². The average Bonchev–Trinajstić information content (AvgIpc) is 2.72. The van der Waals surface area contributed by atoms with Crippen molar-refractivity contribution in [2.75, 3.05) is 12.0 Å². The Morgan fingerprint density at radius 1 is 0.885 bits per heavy atom. The molecule has 0 atom stereocenters. The first-order valence-corrected chi connectivity index (χ1v) is 8.08. The van der Waals surface area contributed by atoms with Crippen LogP contribution in [0, 0.1) is 0 Å². The number of para-hydroxylation sites is 1. The third-order valence-electron chi connectivity index (χ3n) is 3.84. The van der Waals surface area contributed by atoms with Crippen LogP contribution >= 0.6 is 0 Å². The van der Waals surface area contributed by atoms with E-state index in [2.05, 4.69) is 5.32 Å². The number of carbonyl (C=O) groups is 2. The van der Waals surface area contributed by atoms with Gasteiger partial charge in [0.25, 0.3) is 5.91 Å². The van der Waals surface area contributed by atoms with Gasteiger partial charge in [-0.05, 0) is 36.4 Å². The lowest BCUT2D eigenvalue weighted by atomic mass is 10.1. The van der Waals surface area contributed by atoms with E-state index in [1.54, 1.807) is 36.4 Å². The number of hydrogen-bond donors (Lipinski definition) is 1. The lowest BCUT2D eigenvalue weighted by Crippen LogP contribution is -2.29. The minimum Gasteiger partial charge on any atom is -0.464 e. The van der Waals surface area contributed by atoms with Gasteiger partial charge in [-0.2, -0.15) is 0 Å². The Morgan fingerprint density at radius 3 is 2.04 bits per heavy atom. The second-order valence-corrected chi connectivity index (χ2v) is 5.52. The van der Waals surface area contributed by atoms with Crippen molar-refractivity contribution in [3.63, 3.8) is 0 Å². The van der Waals surface area contributed by atoms with Gasteiger partial charge in [0.05, 0.1) is 7.11 Å². The molecular weight excluding hydrogens is 328 g/mol. The molecule has 2 aromatic carbocycles. The van der Waals surface area contributed by atoms with Gasteiger partial charge in [0, 0.05) is 29.2 Å². The highest BCUT2D eigenvalue weighted by molar-refractivity contribution is 6.02. The van der Waals surface area contributed by atoms with Gasteiger partial charge in [-0.3, -0.25) is 4.79 Å². The zero-order valence-electron chi connectivity index (χ0n) is 14.3. The van der Waals surface area contributed by atoms with Crippen LogP contribution in [0.5, 0.6) is 0 Å². The molecule has 0 saturated carbocycles. The number of allylic oxidation sites excluding steroid dienone is 3. The molecule has 0 saturated heterocycles. The molecule has 1 N–H and O–H groups in total. The lowest BCUT2D eigenvalue weighted by molar-refractivity contribution is -0.136. The quantitative estimate of drug-likeness (QED) is 0.681. The van der Waals surface area contributed by atoms with Crippen LogP contribution in [0.1, 0.15) is 10.4 Å². The third-order valence-corrected chi connectivity index (χ3v) is 3.84. The van der Waals surface area contributed by atoms with E-state index in [-0.39, 0.29) is 11.6 Å². The number of ether oxygens (including phenoxy) is 1. The molecule has 0 bridgehead atoms. The standard InChI is InChI=1S/C21H18N2O3/c1-26-21(25)19(22-20(24)17-8-4-2-5-9-17)16-12-14-23(15-13-16)18-10-6-3-7-11-18/h2-15H,1H3,(H,22,24). The van der Waals surface area contributed by atoms with Crippen LogP contribution in [-0.2, 0) is 9.53 Å². The van der Waals surface area contributed by atoms with Crippen LogP contribution in [0.2, 0.25) is 0 Å². The summed E-state index contributed by atoms with van der Waals surface area (Å²) in [5.41, 5.74) is 2.12. The zero-order valence-corrected chi connectivity index (χ0v) is 14.3. The molecule has 0 spiro atoms. The molecule has 1 aliphatic rings. The Kier molecular flexibility index (Phi) is 5.29. The number of methoxy groups -OCH3 is 1. The average molecular weight is 346 g/mol. The molecule has 5 heteroatoms. The first-order valence-electron chi connectivity index (χ1n) is 8.08. The van der Waals surface area contributed by atoms with Crippen molar-refractivity contribution in [2.24, 2.45) is 0 Å². The number of carbonyl (C=O) groups excluding carboxylic acids is 2. The molecule has 5 nitrogen and oxygen atoms in total. The maximum atomic E-state index is 12.4. The summed E-state index contributed by atoms with van der Waals surface area (Å²) >= 11 is 0. The highest BCUT2D eigenvalue weighted by atomic mass is 16.5. The highest BCUT2D eigenvalue weighted by Crippen LogP contribution is 2.20. The number of amides is 1. The number of nitrogens with zero attached hydrogens (tertiary/aromatic N) is 1. The van der Waals surface area contributed by atoms with Gasteiger partial charge >= 0.3 is 5.97 Å². The maximum Gasteiger partial charge on any atom is 0.355 e. The summed E-state index contributed by atoms with van der Waals surface area (Å²) in [7, 11) is 1.28. The summed E-state index contributed by atoms with van der Waals surface area (Å²) in [6.07, 6.45) is 7.15. The zero-order chi connectivity index (χ0) is 18.4. The van der Waals surface area contributed by atoms with Crippen molar-refractivity contribution in [1.82, 2.24) is 5.32 Å². The highest BCUT2D eigenvalue weighted by Gasteiger charge is 2.19. The molecule has 1 amide bonds. The Hall–Kier alpha value is -3.60. The number of nitrogens with one attached hydrogen (secondary N) is 1. The summed E-state index contributed by atoms with van der Waals surface area (Å²) in [6, 6.07) is 18.5. The van der Waals surface area contributed by atoms with E-state index in [1.165, 1.54) is 7.11 Å². The molecule has 1 heterocycles. The van der Waals surface area contributed by atoms with E-state index in [1.807, 2.05) is 53.7 Å². The van der Waals surface area contributed by atoms with E-state index in [9.17, 15) is 9.59 Å². The van der Waals surface area contributed by atoms with Crippen molar-refractivity contribution in [3.05, 3.63) is 102 Å². The number of esters is 1. The first kappa shape index (κ1) is 17.2. The molecule has 0 aliphatic carbocycles. The number of anilines is 1. The molecule has 3 rings (SSSR count). The van der Waals surface area contributed by atoms with Gasteiger partial charge in [-0.15, -0.1) is 0 Å². The fourth-order valence-corrected chi connectivity index (χ4v) is 2.48. The van der Waals surface area contributed by atoms with Crippen molar-refractivity contribution in [3.8, 4) is 0 Å². The monoisotopic (exact) mass is 346 g/mol. The number of hydrogen-bond acceptors (Lipinski definition) is 4. The number of rotatable bonds is 4. The van der Waals surface area contributed by atoms with Crippen molar-refractivity contribution < 1.29 is 14.3 Å². The van der Waals surface area contributed by atoms with Gasteiger partial charge in [0.15, 0.2) is 0 Å². The Labute approximate surface area is 151 Å². The second-order valence-electron chi connectivity index (χ2n) is 5.52. The Morgan fingerprint density at radius 2 is 1.46 bits per heavy atom. The molecular formula is C21H18N2O3. The van der Waals surface area contributed by atoms with Crippen LogP contribution in [0.25, 0.3) is 0 Å². The van der Waals surface area contributed by atoms with E-state index < -0.39 is 5.97 Å². The van der Waals surface area contributed by atoms with Crippen molar-refractivity contribution in [2.45, 2.75) is 0 Å². The van der Waals surface area contributed by atoms with Crippen LogP contribution in [-0.4, -0.2) is 19.0 Å². The van der Waals surface area contributed by atoms with Crippen molar-refractivity contribution >= 4 is 17.6 Å². The Balaban J connectivity index is 1.85. The van der Waals surface area contributed by atoms with Crippen LogP contribution in [0.4, 0.5) is 5.69 Å². The van der Waals surface area contributed by atoms with Crippen LogP contribution in [0.3, 0.4) is 0 Å². The number of benzene rings is 2. The lowest BCUT2D eigenvalue weighted by Gasteiger charge is -2.20. The molecule has 1 aliphatic heterocycles. The fourth-order valence-electron chi connectivity index (χ4n) is 2.48. The van der Waals surface area contributed by atoms with Crippen molar-refractivity contribution in [1.29, 1.82) is 0 Å². The second kappa shape index (κ2) is 7.98. The smallest absolute Gasteiger partial charge is 0.355 e. The summed E-state index contributed by atoms with van der Waals surface area (Å²) in [4.78, 5) is 26.5. The fraction of sp³-hybridized carbons (Fsp3) is 0.0476. The molecule has 2 aromatic rings. The topological polar surface area (TPSA) is 58.6 Å². The van der Waals surface area contributed by atoms with E-state index in [0.717, 1.165) is 5.69 Å². The molecule has 130 valence electrons.